The molecule has 0 atom stereocenters. The van der Waals surface area contributed by atoms with E-state index in [4.69, 9.17) is 0 Å². The molecule has 0 bridgehead atoms. The van der Waals surface area contributed by atoms with Crippen LogP contribution in [0, 0.1) is 13.8 Å². The van der Waals surface area contributed by atoms with Crippen molar-refractivity contribution in [2.45, 2.75) is 23.6 Å². The highest BCUT2D eigenvalue weighted by Gasteiger charge is 2.26. The summed E-state index contributed by atoms with van der Waals surface area (Å²) in [6.07, 6.45) is 0. The topological polar surface area (TPSA) is 0 Å². The minimum atomic E-state index is 1.27. The summed E-state index contributed by atoms with van der Waals surface area (Å²) >= 11 is 3.73. The maximum Gasteiger partial charge on any atom is 0.0583 e. The summed E-state index contributed by atoms with van der Waals surface area (Å²) < 4.78 is 1.32. The molecule has 0 radical (unpaired) electrons. The van der Waals surface area contributed by atoms with Gasteiger partial charge in [-0.05, 0) is 60.4 Å². The average Bonchev–Trinajstić information content (AvgIpc) is 3.11. The fourth-order valence-electron chi connectivity index (χ4n) is 3.79. The highest BCUT2D eigenvalue weighted by molar-refractivity contribution is 8.22. The first-order chi connectivity index (χ1) is 14.7. The quantitative estimate of drug-likeness (QED) is 0.266. The molecule has 0 saturated carbocycles. The van der Waals surface area contributed by atoms with Gasteiger partial charge in [-0.2, -0.15) is 0 Å². The third-order valence-corrected chi connectivity index (χ3v) is 7.64. The van der Waals surface area contributed by atoms with E-state index in [1.54, 1.807) is 0 Å². The van der Waals surface area contributed by atoms with Gasteiger partial charge in [0.25, 0.3) is 0 Å². The Hall–Kier alpha value is -2.68. The van der Waals surface area contributed by atoms with Crippen LogP contribution in [0.15, 0.2) is 111 Å². The normalized spacial score (nSPS) is 11.9. The second-order valence-corrected chi connectivity index (χ2v) is 10.0. The highest BCUT2D eigenvalue weighted by atomic mass is 32.2. The van der Waals surface area contributed by atoms with Gasteiger partial charge >= 0.3 is 0 Å². The van der Waals surface area contributed by atoms with Crippen molar-refractivity contribution in [1.29, 1.82) is 0 Å². The van der Waals surface area contributed by atoms with Crippen molar-refractivity contribution >= 4 is 29.1 Å². The average molecular weight is 423 g/mol. The lowest BCUT2D eigenvalue weighted by molar-refractivity contribution is 1.38. The zero-order valence-electron chi connectivity index (χ0n) is 17.1. The van der Waals surface area contributed by atoms with Crippen LogP contribution in [0.25, 0.3) is 16.7 Å². The lowest BCUT2D eigenvalue weighted by atomic mass is 10.1. The highest BCUT2D eigenvalue weighted by Crippen LogP contribution is 2.52. The third-order valence-electron chi connectivity index (χ3n) is 5.35. The van der Waals surface area contributed by atoms with Gasteiger partial charge in [-0.15, -0.1) is 0 Å². The molecule has 0 saturated heterocycles. The Balaban J connectivity index is 1.69. The summed E-state index contributed by atoms with van der Waals surface area (Å²) in [6.45, 7) is 4.27. The van der Waals surface area contributed by atoms with E-state index in [2.05, 4.69) is 111 Å². The summed E-state index contributed by atoms with van der Waals surface area (Å²) in [5.74, 6) is 0. The second-order valence-electron chi connectivity index (χ2n) is 7.58. The van der Waals surface area contributed by atoms with Crippen LogP contribution in [0.1, 0.15) is 22.3 Å². The van der Waals surface area contributed by atoms with Crippen molar-refractivity contribution in [2.24, 2.45) is 0 Å². The fourth-order valence-corrected chi connectivity index (χ4v) is 6.15. The number of rotatable bonds is 4. The zero-order chi connectivity index (χ0) is 20.5. The molecule has 0 amide bonds. The van der Waals surface area contributed by atoms with Crippen LogP contribution in [0.2, 0.25) is 0 Å². The van der Waals surface area contributed by atoms with Gasteiger partial charge in [0.05, 0.1) is 4.24 Å². The standard InChI is InChI=1S/C28H22S2/c1-19-11-15-21(16-12-19)29-28(30-22-17-13-20(2)14-18-22)27-25-9-5-3-7-23(25)24-8-4-6-10-26(24)27/h3-18H,1-2H3. The molecular weight excluding hydrogens is 400 g/mol. The van der Waals surface area contributed by atoms with Gasteiger partial charge in [-0.1, -0.05) is 107 Å². The Labute approximate surface area is 187 Å². The Bertz CT molecular complexity index is 1140. The minimum Gasteiger partial charge on any atom is -0.0820 e. The lowest BCUT2D eigenvalue weighted by Gasteiger charge is -2.14. The molecule has 146 valence electrons. The number of thioether (sulfide) groups is 2. The van der Waals surface area contributed by atoms with Crippen molar-refractivity contribution in [3.8, 4) is 11.1 Å². The summed E-state index contributed by atoms with van der Waals surface area (Å²) in [6, 6.07) is 35.2. The second kappa shape index (κ2) is 8.22. The van der Waals surface area contributed by atoms with Crippen molar-refractivity contribution in [1.82, 2.24) is 0 Å². The van der Waals surface area contributed by atoms with Crippen molar-refractivity contribution < 1.29 is 0 Å². The Morgan fingerprint density at radius 1 is 0.467 bits per heavy atom. The van der Waals surface area contributed by atoms with Crippen molar-refractivity contribution in [3.05, 3.63) is 124 Å². The van der Waals surface area contributed by atoms with Gasteiger partial charge in [-0.25, -0.2) is 0 Å². The monoisotopic (exact) mass is 422 g/mol. The molecule has 0 spiro atoms. The summed E-state index contributed by atoms with van der Waals surface area (Å²) in [4.78, 5) is 2.54. The van der Waals surface area contributed by atoms with E-state index in [9.17, 15) is 0 Å². The molecule has 4 aromatic rings. The SMILES string of the molecule is Cc1ccc(SC(Sc2ccc(C)cc2)=C2c3ccccc3-c3ccccc32)cc1. The first-order valence-corrected chi connectivity index (χ1v) is 11.7. The van der Waals surface area contributed by atoms with Gasteiger partial charge in [0.1, 0.15) is 0 Å². The molecule has 0 unspecified atom stereocenters. The molecule has 1 aliphatic rings. The summed E-state index contributed by atoms with van der Waals surface area (Å²) in [5.41, 5.74) is 9.23. The van der Waals surface area contributed by atoms with E-state index >= 15 is 0 Å². The number of benzene rings is 4. The van der Waals surface area contributed by atoms with E-state index in [0.717, 1.165) is 0 Å². The minimum absolute atomic E-state index is 1.27. The smallest absolute Gasteiger partial charge is 0.0583 e. The van der Waals surface area contributed by atoms with E-state index in [0.29, 0.717) is 0 Å². The Morgan fingerprint density at radius 3 is 1.23 bits per heavy atom. The molecule has 0 nitrogen and oxygen atoms in total. The molecule has 2 heteroatoms. The number of fused-ring (bicyclic) bond motifs is 3. The Kier molecular flexibility index (Phi) is 5.28. The van der Waals surface area contributed by atoms with Crippen LogP contribution in [0.4, 0.5) is 0 Å². The molecule has 1 aliphatic carbocycles. The number of aryl methyl sites for hydroxylation is 2. The van der Waals surface area contributed by atoms with Crippen LogP contribution in [-0.4, -0.2) is 0 Å². The number of hydrogen-bond acceptors (Lipinski definition) is 2. The van der Waals surface area contributed by atoms with Gasteiger partial charge in [0.15, 0.2) is 0 Å². The largest absolute Gasteiger partial charge is 0.0820 e. The Morgan fingerprint density at radius 2 is 0.833 bits per heavy atom. The molecule has 0 aromatic heterocycles. The first-order valence-electron chi connectivity index (χ1n) is 10.1. The third kappa shape index (κ3) is 3.74. The summed E-state index contributed by atoms with van der Waals surface area (Å²) in [5, 5.41) is 0. The zero-order valence-corrected chi connectivity index (χ0v) is 18.7. The molecule has 0 heterocycles. The lowest BCUT2D eigenvalue weighted by Crippen LogP contribution is -1.87. The maximum atomic E-state index is 2.26. The van der Waals surface area contributed by atoms with Crippen LogP contribution >= 0.6 is 23.5 Å². The van der Waals surface area contributed by atoms with E-state index < -0.39 is 0 Å². The van der Waals surface area contributed by atoms with Crippen LogP contribution in [0.3, 0.4) is 0 Å². The molecule has 5 rings (SSSR count). The van der Waals surface area contributed by atoms with E-state index in [-0.39, 0.29) is 0 Å². The van der Waals surface area contributed by atoms with Gasteiger partial charge in [-0.3, -0.25) is 0 Å². The van der Waals surface area contributed by atoms with E-state index in [1.807, 2.05) is 23.5 Å². The van der Waals surface area contributed by atoms with E-state index in [1.165, 1.54) is 53.0 Å². The van der Waals surface area contributed by atoms with Crippen LogP contribution in [0.5, 0.6) is 0 Å². The number of hydrogen-bond donors (Lipinski definition) is 0. The van der Waals surface area contributed by atoms with Gasteiger partial charge in [0, 0.05) is 15.4 Å². The van der Waals surface area contributed by atoms with Crippen molar-refractivity contribution in [3.63, 3.8) is 0 Å². The predicted molar refractivity (Wildman–Crippen MR) is 132 cm³/mol. The first kappa shape index (κ1) is 19.3. The van der Waals surface area contributed by atoms with Crippen LogP contribution < -0.4 is 0 Å². The molecule has 30 heavy (non-hydrogen) atoms. The van der Waals surface area contributed by atoms with Crippen LogP contribution in [-0.2, 0) is 0 Å². The van der Waals surface area contributed by atoms with Gasteiger partial charge < -0.3 is 0 Å². The molecule has 0 N–H and O–H groups in total. The molecule has 0 aliphatic heterocycles. The molecule has 4 aromatic carbocycles. The fraction of sp³-hybridized carbons (Fsp3) is 0.0714. The molecular formula is C28H22S2. The maximum absolute atomic E-state index is 2.26. The molecule has 0 fully saturated rings. The van der Waals surface area contributed by atoms with Gasteiger partial charge in [0.2, 0.25) is 0 Å². The predicted octanol–water partition coefficient (Wildman–Crippen LogP) is 8.59. The van der Waals surface area contributed by atoms with Crippen molar-refractivity contribution in [2.75, 3.05) is 0 Å². The summed E-state index contributed by atoms with van der Waals surface area (Å²) in [7, 11) is 0.